The Morgan fingerprint density at radius 2 is 1.88 bits per heavy atom. The lowest BCUT2D eigenvalue weighted by Gasteiger charge is -2.19. The molecule has 0 radical (unpaired) electrons. The highest BCUT2D eigenvalue weighted by Crippen LogP contribution is 2.31. The highest BCUT2D eigenvalue weighted by atomic mass is 32.2. The Labute approximate surface area is 154 Å². The third-order valence-corrected chi connectivity index (χ3v) is 4.22. The molecule has 0 atom stereocenters. The first-order valence-electron chi connectivity index (χ1n) is 7.92. The molecule has 3 aromatic rings. The quantitative estimate of drug-likeness (QED) is 0.727. The summed E-state index contributed by atoms with van der Waals surface area (Å²) in [6.45, 7) is 5.44. The lowest BCUT2D eigenvalue weighted by molar-refractivity contribution is 0.0636. The maximum Gasteiger partial charge on any atom is 0.412 e. The molecule has 26 heavy (non-hydrogen) atoms. The largest absolute Gasteiger partial charge is 0.444 e. The number of rotatable bonds is 3. The number of hydrogen-bond donors (Lipinski definition) is 2. The molecule has 2 N–H and O–H groups in total. The number of ether oxygens (including phenoxy) is 1. The van der Waals surface area contributed by atoms with Crippen LogP contribution in [0.5, 0.6) is 0 Å². The Balaban J connectivity index is 1.74. The van der Waals surface area contributed by atoms with Crippen molar-refractivity contribution in [3.8, 4) is 0 Å². The van der Waals surface area contributed by atoms with Crippen molar-refractivity contribution < 1.29 is 9.53 Å². The summed E-state index contributed by atoms with van der Waals surface area (Å²) in [4.78, 5) is 35.9. The molecule has 0 fully saturated rings. The predicted octanol–water partition coefficient (Wildman–Crippen LogP) is 3.82. The van der Waals surface area contributed by atoms with E-state index in [2.05, 4.69) is 20.3 Å². The van der Waals surface area contributed by atoms with Gasteiger partial charge in [-0.3, -0.25) is 10.1 Å². The van der Waals surface area contributed by atoms with E-state index in [1.165, 1.54) is 18.0 Å². The summed E-state index contributed by atoms with van der Waals surface area (Å²) < 4.78 is 5.23. The minimum atomic E-state index is -0.545. The van der Waals surface area contributed by atoms with Crippen molar-refractivity contribution in [2.45, 2.75) is 36.2 Å². The number of anilines is 1. The summed E-state index contributed by atoms with van der Waals surface area (Å²) in [6.07, 6.45) is 2.37. The molecule has 3 rings (SSSR count). The van der Waals surface area contributed by atoms with E-state index in [0.29, 0.717) is 16.9 Å². The SMILES string of the molecule is CC(C)(C)OC(=O)Nc1ccc(Sc2ccnc3[nH]c(=O)cnc23)cc1. The van der Waals surface area contributed by atoms with Crippen LogP contribution in [0.25, 0.3) is 11.2 Å². The second-order valence-electron chi connectivity index (χ2n) is 6.51. The number of aromatic nitrogens is 3. The Morgan fingerprint density at radius 3 is 2.58 bits per heavy atom. The van der Waals surface area contributed by atoms with Crippen LogP contribution in [0, 0.1) is 0 Å². The molecule has 134 valence electrons. The standard InChI is InChI=1S/C18H18N4O3S/c1-18(2,3)25-17(24)21-11-4-6-12(7-5-11)26-13-8-9-19-16-15(13)20-10-14(23)22-16/h4-10H,1-3H3,(H,21,24)(H,19,22,23). The number of benzene rings is 1. The molecule has 0 saturated heterocycles. The Hall–Kier alpha value is -2.87. The van der Waals surface area contributed by atoms with E-state index in [-0.39, 0.29) is 5.56 Å². The van der Waals surface area contributed by atoms with Crippen LogP contribution in [0.2, 0.25) is 0 Å². The normalized spacial score (nSPS) is 11.3. The van der Waals surface area contributed by atoms with E-state index in [9.17, 15) is 9.59 Å². The summed E-state index contributed by atoms with van der Waals surface area (Å²) in [7, 11) is 0. The molecular weight excluding hydrogens is 352 g/mol. The molecular formula is C18H18N4O3S. The molecule has 0 spiro atoms. The number of H-pyrrole nitrogens is 1. The summed E-state index contributed by atoms with van der Waals surface area (Å²) in [5, 5.41) is 2.69. The van der Waals surface area contributed by atoms with Crippen molar-refractivity contribution >= 4 is 34.7 Å². The number of fused-ring (bicyclic) bond motifs is 1. The first kappa shape index (κ1) is 17.9. The van der Waals surface area contributed by atoms with Gasteiger partial charge in [0.05, 0.1) is 6.20 Å². The number of amides is 1. The van der Waals surface area contributed by atoms with Crippen molar-refractivity contribution in [1.82, 2.24) is 15.0 Å². The third-order valence-electron chi connectivity index (χ3n) is 3.17. The number of nitrogens with zero attached hydrogens (tertiary/aromatic N) is 2. The van der Waals surface area contributed by atoms with Crippen molar-refractivity contribution in [1.29, 1.82) is 0 Å². The highest BCUT2D eigenvalue weighted by molar-refractivity contribution is 7.99. The maximum atomic E-state index is 11.8. The van der Waals surface area contributed by atoms with Crippen molar-refractivity contribution in [3.63, 3.8) is 0 Å². The number of aromatic amines is 1. The average molecular weight is 370 g/mol. The zero-order valence-electron chi connectivity index (χ0n) is 14.6. The summed E-state index contributed by atoms with van der Waals surface area (Å²) in [5.74, 6) is 0. The van der Waals surface area contributed by atoms with Gasteiger partial charge in [0.15, 0.2) is 5.65 Å². The molecule has 0 saturated carbocycles. The van der Waals surface area contributed by atoms with Gasteiger partial charge < -0.3 is 9.72 Å². The van der Waals surface area contributed by atoms with Crippen molar-refractivity contribution in [3.05, 3.63) is 53.1 Å². The zero-order chi connectivity index (χ0) is 18.7. The number of carbonyl (C=O) groups excluding carboxylic acids is 1. The van der Waals surface area contributed by atoms with E-state index >= 15 is 0 Å². The van der Waals surface area contributed by atoms with Crippen LogP contribution in [0.3, 0.4) is 0 Å². The number of carbonyl (C=O) groups is 1. The third kappa shape index (κ3) is 4.60. The zero-order valence-corrected chi connectivity index (χ0v) is 15.4. The van der Waals surface area contributed by atoms with Gasteiger partial charge in [0.1, 0.15) is 11.1 Å². The lowest BCUT2D eigenvalue weighted by atomic mass is 10.2. The van der Waals surface area contributed by atoms with Crippen LogP contribution in [0.1, 0.15) is 20.8 Å². The number of hydrogen-bond acceptors (Lipinski definition) is 6. The molecule has 0 bridgehead atoms. The van der Waals surface area contributed by atoms with Gasteiger partial charge in [0, 0.05) is 21.7 Å². The Kier molecular flexibility index (Phi) is 4.94. The van der Waals surface area contributed by atoms with Gasteiger partial charge in [-0.1, -0.05) is 11.8 Å². The van der Waals surface area contributed by atoms with Gasteiger partial charge in [0.2, 0.25) is 0 Å². The fourth-order valence-electron chi connectivity index (χ4n) is 2.16. The predicted molar refractivity (Wildman–Crippen MR) is 101 cm³/mol. The fourth-order valence-corrected chi connectivity index (χ4v) is 3.06. The van der Waals surface area contributed by atoms with E-state index in [4.69, 9.17) is 4.74 Å². The van der Waals surface area contributed by atoms with Crippen LogP contribution >= 0.6 is 11.8 Å². The Morgan fingerprint density at radius 1 is 1.15 bits per heavy atom. The van der Waals surface area contributed by atoms with Crippen LogP contribution in [-0.2, 0) is 4.74 Å². The van der Waals surface area contributed by atoms with Crippen molar-refractivity contribution in [2.75, 3.05) is 5.32 Å². The van der Waals surface area contributed by atoms with E-state index < -0.39 is 11.7 Å². The van der Waals surface area contributed by atoms with Gasteiger partial charge in [-0.05, 0) is 51.1 Å². The number of nitrogens with one attached hydrogen (secondary N) is 2. The van der Waals surface area contributed by atoms with Gasteiger partial charge in [-0.15, -0.1) is 0 Å². The molecule has 8 heteroatoms. The smallest absolute Gasteiger partial charge is 0.412 e. The molecule has 0 aliphatic rings. The van der Waals surface area contributed by atoms with Gasteiger partial charge in [-0.2, -0.15) is 0 Å². The van der Waals surface area contributed by atoms with Gasteiger partial charge in [0.25, 0.3) is 5.56 Å². The molecule has 1 aromatic carbocycles. The van der Waals surface area contributed by atoms with E-state index in [1.54, 1.807) is 18.3 Å². The summed E-state index contributed by atoms with van der Waals surface area (Å²) in [5.41, 5.74) is 0.894. The molecule has 0 unspecified atom stereocenters. The van der Waals surface area contributed by atoms with Crippen LogP contribution in [0.15, 0.2) is 57.3 Å². The first-order valence-corrected chi connectivity index (χ1v) is 8.74. The topological polar surface area (TPSA) is 97.0 Å². The maximum absolute atomic E-state index is 11.8. The molecule has 7 nitrogen and oxygen atoms in total. The first-order chi connectivity index (χ1) is 12.3. The molecule has 0 aliphatic heterocycles. The van der Waals surface area contributed by atoms with E-state index in [1.807, 2.05) is 39.0 Å². The van der Waals surface area contributed by atoms with Crippen LogP contribution < -0.4 is 10.9 Å². The van der Waals surface area contributed by atoms with Crippen LogP contribution in [-0.4, -0.2) is 26.6 Å². The van der Waals surface area contributed by atoms with Gasteiger partial charge >= 0.3 is 6.09 Å². The summed E-state index contributed by atoms with van der Waals surface area (Å²) >= 11 is 1.49. The van der Waals surface area contributed by atoms with Crippen molar-refractivity contribution in [2.24, 2.45) is 0 Å². The molecule has 0 aliphatic carbocycles. The minimum absolute atomic E-state index is 0.287. The molecule has 1 amide bonds. The fraction of sp³-hybridized carbons (Fsp3) is 0.222. The summed E-state index contributed by atoms with van der Waals surface area (Å²) in [6, 6.07) is 9.20. The Bertz CT molecular complexity index is 994. The average Bonchev–Trinajstić information content (AvgIpc) is 2.55. The molecule has 2 aromatic heterocycles. The van der Waals surface area contributed by atoms with Crippen LogP contribution in [0.4, 0.5) is 10.5 Å². The lowest BCUT2D eigenvalue weighted by Crippen LogP contribution is -2.27. The minimum Gasteiger partial charge on any atom is -0.444 e. The second-order valence-corrected chi connectivity index (χ2v) is 7.62. The monoisotopic (exact) mass is 370 g/mol. The highest BCUT2D eigenvalue weighted by Gasteiger charge is 2.16. The molecule has 2 heterocycles. The van der Waals surface area contributed by atoms with E-state index in [0.717, 1.165) is 9.79 Å². The number of pyridine rings is 1. The van der Waals surface area contributed by atoms with Gasteiger partial charge in [-0.25, -0.2) is 14.8 Å². The second kappa shape index (κ2) is 7.17.